The van der Waals surface area contributed by atoms with Gasteiger partial charge in [0, 0.05) is 12.0 Å². The van der Waals surface area contributed by atoms with Gasteiger partial charge in [-0.2, -0.15) is 11.8 Å². The topological polar surface area (TPSA) is 54.4 Å². The smallest absolute Gasteiger partial charge is 0.147 e. The molecule has 0 radical (unpaired) electrons. The van der Waals surface area contributed by atoms with Crippen LogP contribution in [0, 0.1) is 5.41 Å². The van der Waals surface area contributed by atoms with Crippen molar-refractivity contribution in [1.82, 2.24) is 0 Å². The van der Waals surface area contributed by atoms with E-state index in [0.717, 1.165) is 5.75 Å². The van der Waals surface area contributed by atoms with E-state index in [-0.39, 0.29) is 11.2 Å². The molecule has 3 nitrogen and oxygen atoms in total. The van der Waals surface area contributed by atoms with E-state index in [1.165, 1.54) is 6.26 Å². The summed E-state index contributed by atoms with van der Waals surface area (Å²) < 4.78 is 22.1. The molecule has 1 saturated heterocycles. The molecule has 0 saturated carbocycles. The van der Waals surface area contributed by atoms with Gasteiger partial charge in [0.05, 0.1) is 11.4 Å². The lowest BCUT2D eigenvalue weighted by Crippen LogP contribution is -2.43. The van der Waals surface area contributed by atoms with Crippen LogP contribution in [0.1, 0.15) is 26.7 Å². The van der Waals surface area contributed by atoms with Crippen LogP contribution in [-0.4, -0.2) is 42.6 Å². The van der Waals surface area contributed by atoms with Crippen molar-refractivity contribution >= 4 is 21.6 Å². The number of sulfone groups is 1. The highest BCUT2D eigenvalue weighted by molar-refractivity contribution is 7.99. The molecule has 0 aromatic carbocycles. The van der Waals surface area contributed by atoms with Crippen LogP contribution in [0.2, 0.25) is 0 Å². The minimum Gasteiger partial charge on any atom is -0.389 e. The molecule has 0 aliphatic carbocycles. The highest BCUT2D eigenvalue weighted by Gasteiger charge is 2.39. The van der Waals surface area contributed by atoms with Crippen LogP contribution in [0.3, 0.4) is 0 Å². The summed E-state index contributed by atoms with van der Waals surface area (Å²) in [7, 11) is -2.97. The van der Waals surface area contributed by atoms with Crippen LogP contribution in [-0.2, 0) is 9.84 Å². The summed E-state index contributed by atoms with van der Waals surface area (Å²) in [6.07, 6.45) is 2.28. The van der Waals surface area contributed by atoms with Crippen molar-refractivity contribution in [1.29, 1.82) is 0 Å². The van der Waals surface area contributed by atoms with Crippen LogP contribution in [0.5, 0.6) is 0 Å². The Kier molecular flexibility index (Phi) is 3.78. The summed E-state index contributed by atoms with van der Waals surface area (Å²) >= 11 is 1.71. The predicted octanol–water partition coefficient (Wildman–Crippen LogP) is 1.32. The van der Waals surface area contributed by atoms with Gasteiger partial charge in [-0.1, -0.05) is 13.8 Å². The standard InChI is InChI=1S/C10H20O3S2/c1-9(2)6-10(11,8-14-7-9)4-5-15(3,12)13/h11H,4-8H2,1-3H3. The number of aliphatic hydroxyl groups is 1. The molecule has 0 aromatic heterocycles. The zero-order chi connectivity index (χ0) is 11.7. The maximum atomic E-state index is 11.1. The molecule has 1 aliphatic heterocycles. The van der Waals surface area contributed by atoms with Gasteiger partial charge < -0.3 is 5.11 Å². The van der Waals surface area contributed by atoms with Crippen molar-refractivity contribution in [2.45, 2.75) is 32.3 Å². The van der Waals surface area contributed by atoms with Crippen molar-refractivity contribution in [3.63, 3.8) is 0 Å². The van der Waals surface area contributed by atoms with Crippen LogP contribution >= 0.6 is 11.8 Å². The van der Waals surface area contributed by atoms with Gasteiger partial charge in [0.1, 0.15) is 9.84 Å². The van der Waals surface area contributed by atoms with E-state index in [1.807, 2.05) is 0 Å². The maximum Gasteiger partial charge on any atom is 0.147 e. The Morgan fingerprint density at radius 1 is 1.33 bits per heavy atom. The number of thioether (sulfide) groups is 1. The first-order valence-electron chi connectivity index (χ1n) is 5.10. The zero-order valence-corrected chi connectivity index (χ0v) is 11.2. The summed E-state index contributed by atoms with van der Waals surface area (Å²) in [5.74, 6) is 1.78. The van der Waals surface area contributed by atoms with Gasteiger partial charge in [-0.15, -0.1) is 0 Å². The molecule has 15 heavy (non-hydrogen) atoms. The van der Waals surface area contributed by atoms with Crippen molar-refractivity contribution in [2.75, 3.05) is 23.5 Å². The van der Waals surface area contributed by atoms with Crippen LogP contribution in [0.15, 0.2) is 0 Å². The fourth-order valence-electron chi connectivity index (χ4n) is 2.05. The molecule has 5 heteroatoms. The molecule has 1 fully saturated rings. The average Bonchev–Trinajstić information content (AvgIpc) is 1.97. The fraction of sp³-hybridized carbons (Fsp3) is 1.00. The summed E-state index contributed by atoms with van der Waals surface area (Å²) in [5, 5.41) is 10.3. The van der Waals surface area contributed by atoms with Gasteiger partial charge in [0.15, 0.2) is 0 Å². The SMILES string of the molecule is CC1(C)CSCC(O)(CCS(C)(=O)=O)C1. The Balaban J connectivity index is 2.59. The Labute approximate surface area is 96.6 Å². The normalized spacial score (nSPS) is 31.5. The Hall–Kier alpha value is 0.260. The van der Waals surface area contributed by atoms with Crippen LogP contribution in [0.25, 0.3) is 0 Å². The molecular formula is C10H20O3S2. The summed E-state index contributed by atoms with van der Waals surface area (Å²) in [4.78, 5) is 0. The van der Waals surface area contributed by atoms with E-state index in [2.05, 4.69) is 13.8 Å². The zero-order valence-electron chi connectivity index (χ0n) is 9.62. The maximum absolute atomic E-state index is 11.1. The van der Waals surface area contributed by atoms with Crippen molar-refractivity contribution < 1.29 is 13.5 Å². The highest BCUT2D eigenvalue weighted by Crippen LogP contribution is 2.40. The molecule has 1 unspecified atom stereocenters. The Bertz CT molecular complexity index is 322. The van der Waals surface area contributed by atoms with E-state index in [4.69, 9.17) is 0 Å². The lowest BCUT2D eigenvalue weighted by Gasteiger charge is -2.41. The van der Waals surface area contributed by atoms with E-state index >= 15 is 0 Å². The average molecular weight is 252 g/mol. The molecule has 1 aliphatic rings. The van der Waals surface area contributed by atoms with Crippen molar-refractivity contribution in [3.05, 3.63) is 0 Å². The molecule has 0 spiro atoms. The van der Waals surface area contributed by atoms with Gasteiger partial charge in [0.25, 0.3) is 0 Å². The van der Waals surface area contributed by atoms with E-state index in [9.17, 15) is 13.5 Å². The third kappa shape index (κ3) is 4.74. The molecule has 1 heterocycles. The van der Waals surface area contributed by atoms with E-state index < -0.39 is 15.4 Å². The molecule has 0 bridgehead atoms. The first-order chi connectivity index (χ1) is 6.62. The van der Waals surface area contributed by atoms with Crippen molar-refractivity contribution in [3.8, 4) is 0 Å². The third-order valence-electron chi connectivity index (χ3n) is 2.61. The molecule has 1 N–H and O–H groups in total. The van der Waals surface area contributed by atoms with E-state index in [1.54, 1.807) is 11.8 Å². The first-order valence-corrected chi connectivity index (χ1v) is 8.31. The van der Waals surface area contributed by atoms with Crippen LogP contribution < -0.4 is 0 Å². The lowest BCUT2D eigenvalue weighted by atomic mass is 9.81. The van der Waals surface area contributed by atoms with E-state index in [0.29, 0.717) is 18.6 Å². The van der Waals surface area contributed by atoms with Gasteiger partial charge in [-0.25, -0.2) is 8.42 Å². The molecule has 1 atom stereocenters. The predicted molar refractivity (Wildman–Crippen MR) is 65.0 cm³/mol. The largest absolute Gasteiger partial charge is 0.389 e. The van der Waals surface area contributed by atoms with Gasteiger partial charge >= 0.3 is 0 Å². The minimum atomic E-state index is -2.97. The Morgan fingerprint density at radius 3 is 2.40 bits per heavy atom. The number of hydrogen-bond acceptors (Lipinski definition) is 4. The highest BCUT2D eigenvalue weighted by atomic mass is 32.2. The second-order valence-corrected chi connectivity index (χ2v) is 8.68. The minimum absolute atomic E-state index is 0.0835. The van der Waals surface area contributed by atoms with Crippen LogP contribution in [0.4, 0.5) is 0 Å². The van der Waals surface area contributed by atoms with Crippen molar-refractivity contribution in [2.24, 2.45) is 5.41 Å². The quantitative estimate of drug-likeness (QED) is 0.823. The second-order valence-electron chi connectivity index (χ2n) is 5.44. The first kappa shape index (κ1) is 13.3. The number of rotatable bonds is 3. The second kappa shape index (κ2) is 4.26. The summed E-state index contributed by atoms with van der Waals surface area (Å²) in [6.45, 7) is 4.23. The monoisotopic (exact) mass is 252 g/mol. The molecule has 1 rings (SSSR count). The molecule has 0 aromatic rings. The molecule has 90 valence electrons. The fourth-order valence-corrected chi connectivity index (χ4v) is 4.18. The molecular weight excluding hydrogens is 232 g/mol. The lowest BCUT2D eigenvalue weighted by molar-refractivity contribution is 0.0169. The summed E-state index contributed by atoms with van der Waals surface area (Å²) in [5.41, 5.74) is -0.690. The van der Waals surface area contributed by atoms with Gasteiger partial charge in [-0.3, -0.25) is 0 Å². The van der Waals surface area contributed by atoms with Gasteiger partial charge in [0.2, 0.25) is 0 Å². The summed E-state index contributed by atoms with van der Waals surface area (Å²) in [6, 6.07) is 0. The Morgan fingerprint density at radius 2 is 1.93 bits per heavy atom. The van der Waals surface area contributed by atoms with Gasteiger partial charge in [-0.05, 0) is 24.0 Å². The molecule has 0 amide bonds. The number of hydrogen-bond donors (Lipinski definition) is 1. The third-order valence-corrected chi connectivity index (χ3v) is 5.28.